The van der Waals surface area contributed by atoms with Crippen molar-refractivity contribution in [2.24, 2.45) is 0 Å². The Labute approximate surface area is 124 Å². The van der Waals surface area contributed by atoms with E-state index >= 15 is 0 Å². The van der Waals surface area contributed by atoms with Gasteiger partial charge in [-0.15, -0.1) is 0 Å². The van der Waals surface area contributed by atoms with Crippen molar-refractivity contribution in [1.29, 1.82) is 0 Å². The smallest absolute Gasteiger partial charge is 0.231 e. The van der Waals surface area contributed by atoms with Crippen LogP contribution in [0.2, 0.25) is 0 Å². The van der Waals surface area contributed by atoms with Crippen LogP contribution in [0.1, 0.15) is 32.6 Å². The highest BCUT2D eigenvalue weighted by Gasteiger charge is 2.16. The van der Waals surface area contributed by atoms with Gasteiger partial charge in [0, 0.05) is 32.0 Å². The van der Waals surface area contributed by atoms with Gasteiger partial charge in [0.05, 0.1) is 0 Å². The topological polar surface area (TPSA) is 74.2 Å². The van der Waals surface area contributed by atoms with Gasteiger partial charge >= 0.3 is 0 Å². The number of piperidine rings is 1. The second-order valence-electron chi connectivity index (χ2n) is 4.75. The summed E-state index contributed by atoms with van der Waals surface area (Å²) in [6.45, 7) is 5.08. The minimum Gasteiger partial charge on any atom is -0.396 e. The van der Waals surface area contributed by atoms with Gasteiger partial charge in [0.25, 0.3) is 0 Å². The van der Waals surface area contributed by atoms with E-state index in [1.54, 1.807) is 11.8 Å². The number of aliphatic hydroxyl groups is 1. The Balaban J connectivity index is 2.11. The Morgan fingerprint density at radius 2 is 2.00 bits per heavy atom. The van der Waals surface area contributed by atoms with Gasteiger partial charge in [-0.2, -0.15) is 15.0 Å². The Morgan fingerprint density at radius 3 is 2.70 bits per heavy atom. The number of nitrogens with zero attached hydrogens (tertiary/aromatic N) is 4. The van der Waals surface area contributed by atoms with Crippen LogP contribution in [0.3, 0.4) is 0 Å². The predicted molar refractivity (Wildman–Crippen MR) is 82.5 cm³/mol. The molecule has 0 amide bonds. The number of anilines is 2. The quantitative estimate of drug-likeness (QED) is 0.587. The third-order valence-corrected chi connectivity index (χ3v) is 4.04. The van der Waals surface area contributed by atoms with Crippen molar-refractivity contribution in [3.05, 3.63) is 0 Å². The van der Waals surface area contributed by atoms with E-state index in [1.807, 2.05) is 6.92 Å². The summed E-state index contributed by atoms with van der Waals surface area (Å²) in [5.41, 5.74) is 0. The van der Waals surface area contributed by atoms with Crippen LogP contribution < -0.4 is 10.2 Å². The summed E-state index contributed by atoms with van der Waals surface area (Å²) in [7, 11) is 0. The first kappa shape index (κ1) is 15.3. The van der Waals surface area contributed by atoms with E-state index in [2.05, 4.69) is 25.2 Å². The summed E-state index contributed by atoms with van der Waals surface area (Å²) in [6, 6.07) is 0. The van der Waals surface area contributed by atoms with E-state index in [0.717, 1.165) is 42.9 Å². The zero-order valence-electron chi connectivity index (χ0n) is 12.0. The molecule has 112 valence electrons. The van der Waals surface area contributed by atoms with Gasteiger partial charge in [-0.25, -0.2) is 0 Å². The average Bonchev–Trinajstić information content (AvgIpc) is 2.49. The average molecular weight is 297 g/mol. The van der Waals surface area contributed by atoms with Crippen molar-refractivity contribution in [2.75, 3.05) is 42.2 Å². The first-order valence-electron chi connectivity index (χ1n) is 7.32. The Morgan fingerprint density at radius 1 is 1.20 bits per heavy atom. The van der Waals surface area contributed by atoms with Crippen LogP contribution >= 0.6 is 11.8 Å². The molecule has 2 N–H and O–H groups in total. The van der Waals surface area contributed by atoms with Gasteiger partial charge in [0.15, 0.2) is 5.16 Å². The van der Waals surface area contributed by atoms with Crippen LogP contribution in [0.25, 0.3) is 0 Å². The fourth-order valence-corrected chi connectivity index (χ4v) is 2.86. The molecule has 1 fully saturated rings. The van der Waals surface area contributed by atoms with Crippen molar-refractivity contribution in [2.45, 2.75) is 37.8 Å². The summed E-state index contributed by atoms with van der Waals surface area (Å²) >= 11 is 1.57. The second-order valence-corrected chi connectivity index (χ2v) is 5.81. The number of aromatic nitrogens is 3. The van der Waals surface area contributed by atoms with Gasteiger partial charge in [0.1, 0.15) is 0 Å². The highest BCUT2D eigenvalue weighted by atomic mass is 32.2. The maximum atomic E-state index is 8.85. The number of thioether (sulfide) groups is 1. The van der Waals surface area contributed by atoms with Crippen LogP contribution in [0.15, 0.2) is 5.16 Å². The number of rotatable bonds is 7. The van der Waals surface area contributed by atoms with Crippen molar-refractivity contribution in [3.8, 4) is 0 Å². The molecule has 1 aliphatic heterocycles. The van der Waals surface area contributed by atoms with Gasteiger partial charge in [-0.3, -0.25) is 0 Å². The maximum Gasteiger partial charge on any atom is 0.231 e. The van der Waals surface area contributed by atoms with Gasteiger partial charge in [-0.1, -0.05) is 11.8 Å². The third-order valence-electron chi connectivity index (χ3n) is 3.11. The number of hydrogen-bond acceptors (Lipinski definition) is 7. The lowest BCUT2D eigenvalue weighted by atomic mass is 10.1. The second kappa shape index (κ2) is 8.26. The summed E-state index contributed by atoms with van der Waals surface area (Å²) in [5.74, 6) is 2.25. The van der Waals surface area contributed by atoms with Crippen molar-refractivity contribution in [1.82, 2.24) is 15.0 Å². The molecular weight excluding hydrogens is 274 g/mol. The summed E-state index contributed by atoms with van der Waals surface area (Å²) in [4.78, 5) is 15.7. The highest BCUT2D eigenvalue weighted by molar-refractivity contribution is 7.99. The molecule has 0 aliphatic carbocycles. The molecule has 1 aromatic rings. The molecule has 0 atom stereocenters. The fourth-order valence-electron chi connectivity index (χ4n) is 2.11. The molecule has 2 rings (SSSR count). The lowest BCUT2D eigenvalue weighted by molar-refractivity contribution is 0.296. The van der Waals surface area contributed by atoms with Crippen molar-refractivity contribution < 1.29 is 5.11 Å². The monoisotopic (exact) mass is 297 g/mol. The molecular formula is C13H23N5OS. The molecule has 1 aromatic heterocycles. The SMILES string of the molecule is CCNc1nc(SCCCO)nc(N2CCCCC2)n1. The normalized spacial score (nSPS) is 15.4. The zero-order valence-corrected chi connectivity index (χ0v) is 12.8. The molecule has 0 unspecified atom stereocenters. The van der Waals surface area contributed by atoms with Crippen molar-refractivity contribution in [3.63, 3.8) is 0 Å². The standard InChI is InChI=1S/C13H23N5OS/c1-2-14-11-15-12(18-7-4-3-5-8-18)17-13(16-11)20-10-6-9-19/h19H,2-10H2,1H3,(H,14,15,16,17). The Kier molecular flexibility index (Phi) is 6.32. The minimum absolute atomic E-state index is 0.205. The highest BCUT2D eigenvalue weighted by Crippen LogP contribution is 2.21. The van der Waals surface area contributed by atoms with E-state index in [1.165, 1.54) is 19.3 Å². The van der Waals surface area contributed by atoms with E-state index in [0.29, 0.717) is 5.95 Å². The van der Waals surface area contributed by atoms with Gasteiger partial charge < -0.3 is 15.3 Å². The molecule has 6 nitrogen and oxygen atoms in total. The zero-order chi connectivity index (χ0) is 14.2. The van der Waals surface area contributed by atoms with Crippen LogP contribution in [-0.4, -0.2) is 52.1 Å². The molecule has 0 saturated carbocycles. The minimum atomic E-state index is 0.205. The molecule has 0 radical (unpaired) electrons. The molecule has 20 heavy (non-hydrogen) atoms. The summed E-state index contributed by atoms with van der Waals surface area (Å²) in [6.07, 6.45) is 4.45. The fraction of sp³-hybridized carbons (Fsp3) is 0.769. The summed E-state index contributed by atoms with van der Waals surface area (Å²) in [5, 5.41) is 12.8. The molecule has 7 heteroatoms. The molecule has 2 heterocycles. The number of hydrogen-bond donors (Lipinski definition) is 2. The predicted octanol–water partition coefficient (Wildman–Crippen LogP) is 1.77. The van der Waals surface area contributed by atoms with Gasteiger partial charge in [-0.05, 0) is 32.6 Å². The van der Waals surface area contributed by atoms with Crippen molar-refractivity contribution >= 4 is 23.7 Å². The van der Waals surface area contributed by atoms with Crippen LogP contribution in [0, 0.1) is 0 Å². The first-order valence-corrected chi connectivity index (χ1v) is 8.30. The number of aliphatic hydroxyl groups excluding tert-OH is 1. The van der Waals surface area contributed by atoms with E-state index < -0.39 is 0 Å². The molecule has 0 bridgehead atoms. The van der Waals surface area contributed by atoms with Crippen LogP contribution in [-0.2, 0) is 0 Å². The molecule has 0 aromatic carbocycles. The van der Waals surface area contributed by atoms with E-state index in [4.69, 9.17) is 5.11 Å². The first-order chi connectivity index (χ1) is 9.83. The van der Waals surface area contributed by atoms with E-state index in [-0.39, 0.29) is 6.61 Å². The Hall–Kier alpha value is -1.08. The van der Waals surface area contributed by atoms with E-state index in [9.17, 15) is 0 Å². The third kappa shape index (κ3) is 4.49. The van der Waals surface area contributed by atoms with Crippen LogP contribution in [0.4, 0.5) is 11.9 Å². The lowest BCUT2D eigenvalue weighted by Crippen LogP contribution is -2.31. The molecule has 0 spiro atoms. The molecule has 1 aliphatic rings. The molecule has 1 saturated heterocycles. The number of nitrogens with one attached hydrogen (secondary N) is 1. The lowest BCUT2D eigenvalue weighted by Gasteiger charge is -2.26. The largest absolute Gasteiger partial charge is 0.396 e. The maximum absolute atomic E-state index is 8.85. The van der Waals surface area contributed by atoms with Crippen LogP contribution in [0.5, 0.6) is 0 Å². The van der Waals surface area contributed by atoms with Gasteiger partial charge in [0.2, 0.25) is 11.9 Å². The summed E-state index contributed by atoms with van der Waals surface area (Å²) < 4.78 is 0. The Bertz CT molecular complexity index is 412.